The minimum Gasteiger partial charge on any atom is -0.756 e. The number of aliphatic hydroxyl groups excluding tert-OH is 1. The van der Waals surface area contributed by atoms with Gasteiger partial charge in [-0.25, -0.2) is 0 Å². The molecule has 0 aliphatic carbocycles. The molecule has 0 saturated heterocycles. The summed E-state index contributed by atoms with van der Waals surface area (Å²) in [6, 6.07) is -0.918. The number of allylic oxidation sites excluding steroid dienone is 21. The molecule has 84 heavy (non-hydrogen) atoms. The Labute approximate surface area is 519 Å². The molecule has 0 aromatic heterocycles. The van der Waals surface area contributed by atoms with Crippen LogP contribution in [0.5, 0.6) is 0 Å². The monoisotopic (exact) mass is 1190 g/mol. The van der Waals surface area contributed by atoms with E-state index in [0.717, 1.165) is 96.3 Å². The number of hydrogen-bond acceptors (Lipinski definition) is 6. The molecule has 0 aromatic rings. The first kappa shape index (κ1) is 80.6. The summed E-state index contributed by atoms with van der Waals surface area (Å²) in [4.78, 5) is 25.6. The Hall–Kier alpha value is -3.36. The number of aliphatic hydroxyl groups is 1. The largest absolute Gasteiger partial charge is 0.756 e. The van der Waals surface area contributed by atoms with E-state index in [1.54, 1.807) is 6.08 Å². The number of phosphoric acid groups is 1. The number of nitrogens with zero attached hydrogens (tertiary/aromatic N) is 1. The lowest BCUT2D eigenvalue weighted by Crippen LogP contribution is -2.45. The van der Waals surface area contributed by atoms with E-state index in [0.29, 0.717) is 17.4 Å². The highest BCUT2D eigenvalue weighted by molar-refractivity contribution is 7.45. The Bertz CT molecular complexity index is 1830. The van der Waals surface area contributed by atoms with Crippen molar-refractivity contribution in [1.29, 1.82) is 0 Å². The molecule has 9 heteroatoms. The van der Waals surface area contributed by atoms with Crippen molar-refractivity contribution in [2.45, 2.75) is 296 Å². The van der Waals surface area contributed by atoms with Crippen LogP contribution in [-0.4, -0.2) is 68.5 Å². The van der Waals surface area contributed by atoms with Crippen molar-refractivity contribution in [3.05, 3.63) is 134 Å². The van der Waals surface area contributed by atoms with Crippen molar-refractivity contribution in [1.82, 2.24) is 5.32 Å². The third-order valence-corrected chi connectivity index (χ3v) is 15.8. The summed E-state index contributed by atoms with van der Waals surface area (Å²) in [7, 11) is 1.23. The van der Waals surface area contributed by atoms with Crippen LogP contribution in [0.1, 0.15) is 284 Å². The molecule has 0 rings (SSSR count). The minimum absolute atomic E-state index is 0.0133. The zero-order chi connectivity index (χ0) is 61.2. The van der Waals surface area contributed by atoms with Crippen LogP contribution in [0.2, 0.25) is 0 Å². The highest BCUT2D eigenvalue weighted by Crippen LogP contribution is 2.38. The predicted molar refractivity (Wildman–Crippen MR) is 366 cm³/mol. The first-order chi connectivity index (χ1) is 41.0. The summed E-state index contributed by atoms with van der Waals surface area (Å²) >= 11 is 0. The van der Waals surface area contributed by atoms with E-state index in [1.807, 2.05) is 27.2 Å². The van der Waals surface area contributed by atoms with E-state index in [1.165, 1.54) is 167 Å². The molecule has 0 spiro atoms. The van der Waals surface area contributed by atoms with Gasteiger partial charge < -0.3 is 28.8 Å². The van der Waals surface area contributed by atoms with Crippen LogP contribution in [0.15, 0.2) is 134 Å². The average molecular weight is 1190 g/mol. The molecule has 0 saturated carbocycles. The number of phosphoric ester groups is 1. The van der Waals surface area contributed by atoms with Crippen molar-refractivity contribution in [3.8, 4) is 0 Å². The van der Waals surface area contributed by atoms with Crippen molar-refractivity contribution >= 4 is 13.7 Å². The lowest BCUT2D eigenvalue weighted by atomic mass is 10.0. The third-order valence-electron chi connectivity index (χ3n) is 14.8. The second-order valence-electron chi connectivity index (χ2n) is 24.1. The molecule has 0 aliphatic rings. The normalized spacial score (nSPS) is 14.5. The molecular formula is C75H131N2O6P. The summed E-state index contributed by atoms with van der Waals surface area (Å²) in [5.74, 6) is -0.213. The number of amides is 1. The van der Waals surface area contributed by atoms with Crippen LogP contribution in [0.4, 0.5) is 0 Å². The maximum Gasteiger partial charge on any atom is 0.268 e. The Morgan fingerprint density at radius 3 is 1.11 bits per heavy atom. The molecule has 0 radical (unpaired) electrons. The van der Waals surface area contributed by atoms with E-state index >= 15 is 0 Å². The van der Waals surface area contributed by atoms with Crippen molar-refractivity contribution in [2.24, 2.45) is 0 Å². The highest BCUT2D eigenvalue weighted by atomic mass is 31.2. The summed E-state index contributed by atoms with van der Waals surface area (Å²) in [5.41, 5.74) is 0. The van der Waals surface area contributed by atoms with E-state index in [2.05, 4.69) is 141 Å². The fourth-order valence-electron chi connectivity index (χ4n) is 9.50. The van der Waals surface area contributed by atoms with Crippen LogP contribution in [-0.2, 0) is 18.4 Å². The average Bonchev–Trinajstić information content (AvgIpc) is 3.56. The number of quaternary nitrogens is 1. The zero-order valence-electron chi connectivity index (χ0n) is 55.1. The van der Waals surface area contributed by atoms with Gasteiger partial charge in [-0.2, -0.15) is 0 Å². The van der Waals surface area contributed by atoms with Gasteiger partial charge in [0.25, 0.3) is 7.82 Å². The number of carbonyl (C=O) groups excluding carboxylic acids is 1. The van der Waals surface area contributed by atoms with Gasteiger partial charge in [0.1, 0.15) is 13.2 Å². The van der Waals surface area contributed by atoms with Crippen LogP contribution in [0.25, 0.3) is 0 Å². The van der Waals surface area contributed by atoms with Gasteiger partial charge >= 0.3 is 0 Å². The maximum atomic E-state index is 13.0. The Kier molecular flexibility index (Phi) is 61.6. The van der Waals surface area contributed by atoms with Gasteiger partial charge in [0.2, 0.25) is 5.91 Å². The SMILES string of the molecule is CC/C=C\C/C=C\C/C=C\C/C=C\C/C=C\C/C=C\C/C=C\C/C=C\CCCCCCCCCCCCCCCCCCC(=O)NC(COP(=O)([O-])OCC[N+](C)(C)C)C(O)/C=C/CC/C=C/CC/C=C/CCCCCCCCCCCCC. The number of unbranched alkanes of at least 4 members (excludes halogenated alkanes) is 29. The fraction of sp³-hybridized carbons (Fsp3) is 0.693. The Morgan fingerprint density at radius 1 is 0.429 bits per heavy atom. The molecule has 2 N–H and O–H groups in total. The van der Waals surface area contributed by atoms with Crippen molar-refractivity contribution in [3.63, 3.8) is 0 Å². The standard InChI is InChI=1S/C75H131N2O6P/c1-6-8-10-12-14-16-18-20-22-24-26-28-29-30-31-32-33-34-35-36-37-38-39-40-41-42-43-44-45-46-47-49-51-53-55-57-59-61-63-65-67-69-75(79)76-73(72-83-84(80,81)82-71-70-77(3,4)5)74(78)68-66-64-62-60-58-56-54-52-50-48-27-25-23-21-19-17-15-13-11-9-7-2/h8,10,14,16,20,22,26,28,30-31,33-34,36-37,39-40,50,52,58,60,66,68,73-74,78H,6-7,9,11-13,15,17-19,21,23-25,27,29,32,35,38,41-49,51,53-57,59,61-65,67,69-72H2,1-5H3,(H-,76,79,80,81)/b10-8-,16-14-,22-20-,28-26-,31-30-,34-33-,37-36-,40-39-,52-50+,60-58+,68-66+. The quantitative estimate of drug-likeness (QED) is 0.0272. The number of likely N-dealkylation sites (N-methyl/N-ethyl adjacent to an activating group) is 1. The van der Waals surface area contributed by atoms with Crippen LogP contribution >= 0.6 is 7.82 Å². The second-order valence-corrected chi connectivity index (χ2v) is 25.5. The maximum absolute atomic E-state index is 13.0. The second kappa shape index (κ2) is 64.1. The highest BCUT2D eigenvalue weighted by Gasteiger charge is 2.23. The molecule has 3 unspecified atom stereocenters. The molecule has 0 aromatic carbocycles. The van der Waals surface area contributed by atoms with Gasteiger partial charge in [0.05, 0.1) is 39.9 Å². The lowest BCUT2D eigenvalue weighted by molar-refractivity contribution is -0.870. The van der Waals surface area contributed by atoms with Gasteiger partial charge in [-0.15, -0.1) is 0 Å². The summed E-state index contributed by atoms with van der Waals surface area (Å²) in [6.07, 6.45) is 97.1. The molecule has 0 bridgehead atoms. The molecule has 0 heterocycles. The van der Waals surface area contributed by atoms with E-state index in [-0.39, 0.29) is 12.5 Å². The third kappa shape index (κ3) is 66.2. The van der Waals surface area contributed by atoms with Gasteiger partial charge in [-0.1, -0.05) is 302 Å². The van der Waals surface area contributed by atoms with Gasteiger partial charge in [0, 0.05) is 6.42 Å². The van der Waals surface area contributed by atoms with E-state index in [9.17, 15) is 19.4 Å². The van der Waals surface area contributed by atoms with Crippen LogP contribution < -0.4 is 10.2 Å². The Morgan fingerprint density at radius 2 is 0.738 bits per heavy atom. The van der Waals surface area contributed by atoms with Crippen molar-refractivity contribution < 1.29 is 32.9 Å². The number of hydrogen-bond donors (Lipinski definition) is 2. The number of carbonyl (C=O) groups is 1. The predicted octanol–water partition coefficient (Wildman–Crippen LogP) is 21.6. The lowest BCUT2D eigenvalue weighted by Gasteiger charge is -2.29. The minimum atomic E-state index is -4.62. The topological polar surface area (TPSA) is 108 Å². The smallest absolute Gasteiger partial charge is 0.268 e. The van der Waals surface area contributed by atoms with Crippen LogP contribution in [0, 0.1) is 0 Å². The number of nitrogens with one attached hydrogen (secondary N) is 1. The van der Waals surface area contributed by atoms with Crippen LogP contribution in [0.3, 0.4) is 0 Å². The summed E-state index contributed by atoms with van der Waals surface area (Å²) in [5, 5.41) is 13.9. The zero-order valence-corrected chi connectivity index (χ0v) is 56.0. The first-order valence-electron chi connectivity index (χ1n) is 34.5. The molecule has 8 nitrogen and oxygen atoms in total. The molecule has 0 aliphatic heterocycles. The summed E-state index contributed by atoms with van der Waals surface area (Å²) < 4.78 is 23.4. The fourth-order valence-corrected chi connectivity index (χ4v) is 10.2. The molecule has 0 fully saturated rings. The molecule has 3 atom stereocenters. The Balaban J connectivity index is 4.08. The van der Waals surface area contributed by atoms with E-state index in [4.69, 9.17) is 9.05 Å². The van der Waals surface area contributed by atoms with Gasteiger partial charge in [-0.3, -0.25) is 9.36 Å². The van der Waals surface area contributed by atoms with E-state index < -0.39 is 26.6 Å². The number of rotatable bonds is 62. The first-order valence-corrected chi connectivity index (χ1v) is 36.0. The van der Waals surface area contributed by atoms with Crippen molar-refractivity contribution in [2.75, 3.05) is 40.9 Å². The van der Waals surface area contributed by atoms with Gasteiger partial charge in [-0.05, 0) is 109 Å². The molecule has 1 amide bonds. The molecular weight excluding hydrogens is 1060 g/mol. The van der Waals surface area contributed by atoms with Gasteiger partial charge in [0.15, 0.2) is 0 Å². The summed E-state index contributed by atoms with van der Waals surface area (Å²) in [6.45, 7) is 4.51. The molecule has 482 valence electrons.